The molecule has 0 saturated heterocycles. The fourth-order valence-electron chi connectivity index (χ4n) is 4.05. The lowest BCUT2D eigenvalue weighted by molar-refractivity contribution is -0.130. The number of unbranched alkanes of at least 4 members (excludes halogenated alkanes) is 1. The molecule has 0 bridgehead atoms. The van der Waals surface area contributed by atoms with Crippen LogP contribution in [0.2, 0.25) is 0 Å². The van der Waals surface area contributed by atoms with Crippen molar-refractivity contribution < 1.29 is 9.21 Å². The van der Waals surface area contributed by atoms with E-state index in [0.717, 1.165) is 41.6 Å². The van der Waals surface area contributed by atoms with Crippen molar-refractivity contribution in [2.75, 3.05) is 7.05 Å². The Balaban J connectivity index is 1.53. The molecule has 7 heteroatoms. The van der Waals surface area contributed by atoms with Gasteiger partial charge in [-0.2, -0.15) is 0 Å². The molecule has 2 aromatic heterocycles. The van der Waals surface area contributed by atoms with Gasteiger partial charge in [0, 0.05) is 43.9 Å². The third-order valence-corrected chi connectivity index (χ3v) is 5.81. The van der Waals surface area contributed by atoms with Crippen LogP contribution in [0.1, 0.15) is 37.5 Å². The molecule has 0 saturated carbocycles. The average molecular weight is 434 g/mol. The molecule has 7 nitrogen and oxygen atoms in total. The Hall–Kier alpha value is -3.61. The number of nitrogens with zero attached hydrogens (tertiary/aromatic N) is 2. The van der Waals surface area contributed by atoms with Crippen molar-refractivity contribution in [3.8, 4) is 0 Å². The number of hydrogen-bond acceptors (Lipinski definition) is 4. The first-order valence-electron chi connectivity index (χ1n) is 10.9. The van der Waals surface area contributed by atoms with E-state index in [2.05, 4.69) is 11.9 Å². The van der Waals surface area contributed by atoms with E-state index in [0.29, 0.717) is 17.4 Å². The van der Waals surface area contributed by atoms with Crippen LogP contribution in [0, 0.1) is 0 Å². The van der Waals surface area contributed by atoms with Gasteiger partial charge in [-0.15, -0.1) is 0 Å². The van der Waals surface area contributed by atoms with Crippen LogP contribution in [0.25, 0.3) is 21.9 Å². The number of carbonyl (C=O) groups excluding carboxylic acids is 1. The van der Waals surface area contributed by atoms with Crippen LogP contribution in [0.3, 0.4) is 0 Å². The predicted molar refractivity (Wildman–Crippen MR) is 125 cm³/mol. The Morgan fingerprint density at radius 1 is 1.06 bits per heavy atom. The first kappa shape index (κ1) is 21.6. The van der Waals surface area contributed by atoms with Gasteiger partial charge in [0.1, 0.15) is 11.3 Å². The fourth-order valence-corrected chi connectivity index (χ4v) is 4.05. The van der Waals surface area contributed by atoms with Crippen molar-refractivity contribution in [2.45, 2.75) is 45.7 Å². The monoisotopic (exact) mass is 433 g/mol. The lowest BCUT2D eigenvalue weighted by Gasteiger charge is -2.18. The smallest absolute Gasteiger partial charge is 0.328 e. The summed E-state index contributed by atoms with van der Waals surface area (Å²) in [5.41, 5.74) is 1.47. The predicted octanol–water partition coefficient (Wildman–Crippen LogP) is 3.83. The van der Waals surface area contributed by atoms with Crippen LogP contribution in [-0.2, 0) is 24.3 Å². The van der Waals surface area contributed by atoms with Crippen molar-refractivity contribution in [2.24, 2.45) is 0 Å². The Kier molecular flexibility index (Phi) is 6.25. The molecule has 166 valence electrons. The molecule has 0 radical (unpaired) electrons. The fraction of sp³-hybridized carbons (Fsp3) is 0.320. The van der Waals surface area contributed by atoms with Crippen molar-refractivity contribution in [1.82, 2.24) is 14.5 Å². The van der Waals surface area contributed by atoms with Gasteiger partial charge in [0.2, 0.25) is 5.91 Å². The summed E-state index contributed by atoms with van der Waals surface area (Å²) in [5.74, 6) is 0.842. The number of para-hydroxylation sites is 2. The summed E-state index contributed by atoms with van der Waals surface area (Å²) in [6.45, 7) is 2.77. The number of H-pyrrole nitrogens is 1. The number of hydrogen-bond donors (Lipinski definition) is 1. The van der Waals surface area contributed by atoms with E-state index in [1.54, 1.807) is 36.2 Å². The topological polar surface area (TPSA) is 88.3 Å². The van der Waals surface area contributed by atoms with Crippen molar-refractivity contribution >= 4 is 27.8 Å². The Bertz CT molecular complexity index is 1380. The van der Waals surface area contributed by atoms with E-state index < -0.39 is 11.2 Å². The van der Waals surface area contributed by atoms with E-state index in [9.17, 15) is 14.4 Å². The number of furan rings is 1. The van der Waals surface area contributed by atoms with Gasteiger partial charge < -0.3 is 9.32 Å². The number of fused-ring (bicyclic) bond motifs is 2. The molecule has 0 aliphatic carbocycles. The second-order valence-electron chi connectivity index (χ2n) is 8.03. The first-order valence-corrected chi connectivity index (χ1v) is 10.9. The van der Waals surface area contributed by atoms with Gasteiger partial charge >= 0.3 is 5.69 Å². The quantitative estimate of drug-likeness (QED) is 0.457. The van der Waals surface area contributed by atoms with Gasteiger partial charge in [0.25, 0.3) is 5.56 Å². The van der Waals surface area contributed by atoms with E-state index in [-0.39, 0.29) is 18.9 Å². The standard InChI is InChI=1S/C25H27N3O4/c1-3-4-12-22-19(17-9-6-8-13-21(17)32-22)16-27(2)23(29)14-15-28-20-11-7-5-10-18(20)24(30)26-25(28)31/h5-11,13H,3-4,12,14-16H2,1-2H3,(H,26,30,31). The second kappa shape index (κ2) is 9.26. The third kappa shape index (κ3) is 4.23. The molecular weight excluding hydrogens is 406 g/mol. The van der Waals surface area contributed by atoms with Crippen LogP contribution in [0.15, 0.2) is 62.5 Å². The van der Waals surface area contributed by atoms with Crippen LogP contribution in [0.5, 0.6) is 0 Å². The number of benzene rings is 2. The van der Waals surface area contributed by atoms with Gasteiger partial charge in [-0.1, -0.05) is 43.7 Å². The highest BCUT2D eigenvalue weighted by Crippen LogP contribution is 2.28. The van der Waals surface area contributed by atoms with E-state index >= 15 is 0 Å². The Morgan fingerprint density at radius 2 is 1.78 bits per heavy atom. The molecule has 0 atom stereocenters. The highest BCUT2D eigenvalue weighted by atomic mass is 16.3. The normalized spacial score (nSPS) is 11.3. The highest BCUT2D eigenvalue weighted by molar-refractivity contribution is 5.83. The zero-order valence-corrected chi connectivity index (χ0v) is 18.4. The minimum atomic E-state index is -0.508. The van der Waals surface area contributed by atoms with Crippen LogP contribution < -0.4 is 11.2 Å². The number of aromatic amines is 1. The molecule has 4 rings (SSSR count). The van der Waals surface area contributed by atoms with Crippen LogP contribution >= 0.6 is 0 Å². The molecule has 1 amide bonds. The van der Waals surface area contributed by atoms with Crippen molar-refractivity contribution in [3.05, 3.63) is 80.7 Å². The van der Waals surface area contributed by atoms with Gasteiger partial charge in [-0.3, -0.25) is 19.1 Å². The lowest BCUT2D eigenvalue weighted by Crippen LogP contribution is -2.33. The molecule has 0 spiro atoms. The van der Waals surface area contributed by atoms with Crippen LogP contribution in [0.4, 0.5) is 0 Å². The van der Waals surface area contributed by atoms with Gasteiger partial charge in [0.15, 0.2) is 0 Å². The molecule has 0 aliphatic rings. The van der Waals surface area contributed by atoms with E-state index in [1.807, 2.05) is 24.3 Å². The van der Waals surface area contributed by atoms with Gasteiger partial charge in [-0.05, 0) is 24.6 Å². The molecule has 1 N–H and O–H groups in total. The maximum atomic E-state index is 12.9. The molecule has 0 aliphatic heterocycles. The average Bonchev–Trinajstić information content (AvgIpc) is 3.14. The van der Waals surface area contributed by atoms with Crippen molar-refractivity contribution in [3.63, 3.8) is 0 Å². The minimum absolute atomic E-state index is 0.0843. The molecule has 32 heavy (non-hydrogen) atoms. The number of amides is 1. The molecule has 4 aromatic rings. The number of carbonyl (C=O) groups is 1. The molecule has 2 heterocycles. The number of nitrogens with one attached hydrogen (secondary N) is 1. The Labute approximate surface area is 185 Å². The van der Waals surface area contributed by atoms with Crippen molar-refractivity contribution in [1.29, 1.82) is 0 Å². The molecular formula is C25H27N3O4. The summed E-state index contributed by atoms with van der Waals surface area (Å²) in [5, 5.41) is 1.46. The van der Waals surface area contributed by atoms with E-state index in [1.165, 1.54) is 4.57 Å². The summed E-state index contributed by atoms with van der Waals surface area (Å²) < 4.78 is 7.52. The maximum absolute atomic E-state index is 12.9. The van der Waals surface area contributed by atoms with Gasteiger partial charge in [0.05, 0.1) is 10.9 Å². The highest BCUT2D eigenvalue weighted by Gasteiger charge is 2.18. The summed E-state index contributed by atoms with van der Waals surface area (Å²) in [6.07, 6.45) is 3.06. The first-order chi connectivity index (χ1) is 15.5. The SMILES string of the molecule is CCCCc1oc2ccccc2c1CN(C)C(=O)CCn1c(=O)[nH]c(=O)c2ccccc21. The zero-order valence-electron chi connectivity index (χ0n) is 18.4. The minimum Gasteiger partial charge on any atom is -0.461 e. The number of aromatic nitrogens is 2. The molecule has 0 fully saturated rings. The second-order valence-corrected chi connectivity index (χ2v) is 8.03. The summed E-state index contributed by atoms with van der Waals surface area (Å²) in [6, 6.07) is 14.8. The maximum Gasteiger partial charge on any atom is 0.328 e. The number of rotatable bonds is 8. The van der Waals surface area contributed by atoms with Gasteiger partial charge in [-0.25, -0.2) is 4.79 Å². The third-order valence-electron chi connectivity index (χ3n) is 5.81. The summed E-state index contributed by atoms with van der Waals surface area (Å²) in [4.78, 5) is 41.3. The Morgan fingerprint density at radius 3 is 2.56 bits per heavy atom. The largest absolute Gasteiger partial charge is 0.461 e. The number of aryl methyl sites for hydroxylation is 2. The summed E-state index contributed by atoms with van der Waals surface area (Å²) in [7, 11) is 1.77. The summed E-state index contributed by atoms with van der Waals surface area (Å²) >= 11 is 0. The molecule has 0 unspecified atom stereocenters. The lowest BCUT2D eigenvalue weighted by atomic mass is 10.1. The van der Waals surface area contributed by atoms with Crippen LogP contribution in [-0.4, -0.2) is 27.4 Å². The molecule has 2 aromatic carbocycles. The van der Waals surface area contributed by atoms with E-state index in [4.69, 9.17) is 4.42 Å². The zero-order chi connectivity index (χ0) is 22.7.